The maximum absolute atomic E-state index is 13.0. The molecule has 1 aliphatic rings. The Balaban J connectivity index is 1.33. The predicted molar refractivity (Wildman–Crippen MR) is 129 cm³/mol. The summed E-state index contributed by atoms with van der Waals surface area (Å²) in [4.78, 5) is 21.4. The Morgan fingerprint density at radius 1 is 0.969 bits per heavy atom. The number of carbonyl (C=O) groups excluding carboxylic acids is 1. The van der Waals surface area contributed by atoms with E-state index in [2.05, 4.69) is 66.4 Å². The number of rotatable bonds is 6. The minimum absolute atomic E-state index is 0.0742. The van der Waals surface area contributed by atoms with Gasteiger partial charge in [0.25, 0.3) is 0 Å². The van der Waals surface area contributed by atoms with Crippen LogP contribution < -0.4 is 5.32 Å². The number of aromatic nitrogens is 1. The Bertz CT molecular complexity index is 1040. The summed E-state index contributed by atoms with van der Waals surface area (Å²) in [5.41, 5.74) is 4.20. The van der Waals surface area contributed by atoms with E-state index in [1.807, 2.05) is 12.4 Å². The maximum atomic E-state index is 13.0. The topological polar surface area (TPSA) is 48.5 Å². The van der Waals surface area contributed by atoms with Crippen LogP contribution in [0, 0.1) is 5.82 Å². The SMILES string of the molecule is O=C(CN1CCCN(Cc2cnccc2-c2ccc(Br)cc2)CC1)Nc1ccc(F)cc1. The van der Waals surface area contributed by atoms with Crippen LogP contribution in [0.15, 0.2) is 71.5 Å². The number of hydrogen-bond acceptors (Lipinski definition) is 4. The van der Waals surface area contributed by atoms with Crippen LogP contribution in [0.3, 0.4) is 0 Å². The van der Waals surface area contributed by atoms with Gasteiger partial charge in [0.1, 0.15) is 5.82 Å². The first-order valence-electron chi connectivity index (χ1n) is 10.8. The van der Waals surface area contributed by atoms with Crippen molar-refractivity contribution in [3.05, 3.63) is 82.8 Å². The molecule has 32 heavy (non-hydrogen) atoms. The second-order valence-corrected chi connectivity index (χ2v) is 8.92. The summed E-state index contributed by atoms with van der Waals surface area (Å²) in [6, 6.07) is 16.3. The summed E-state index contributed by atoms with van der Waals surface area (Å²) in [5.74, 6) is -0.387. The number of anilines is 1. The average Bonchev–Trinajstić information content (AvgIpc) is 3.01. The molecule has 3 aromatic rings. The van der Waals surface area contributed by atoms with E-state index in [9.17, 15) is 9.18 Å². The van der Waals surface area contributed by atoms with E-state index < -0.39 is 0 Å². The van der Waals surface area contributed by atoms with Gasteiger partial charge in [-0.15, -0.1) is 0 Å². The van der Waals surface area contributed by atoms with E-state index in [0.29, 0.717) is 12.2 Å². The van der Waals surface area contributed by atoms with Gasteiger partial charge in [-0.05, 0) is 78.7 Å². The van der Waals surface area contributed by atoms with E-state index in [1.54, 1.807) is 12.1 Å². The van der Waals surface area contributed by atoms with Crippen molar-refractivity contribution in [3.63, 3.8) is 0 Å². The van der Waals surface area contributed by atoms with Crippen molar-refractivity contribution in [2.75, 3.05) is 38.0 Å². The van der Waals surface area contributed by atoms with Gasteiger partial charge in [-0.25, -0.2) is 4.39 Å². The van der Waals surface area contributed by atoms with Gasteiger partial charge in [-0.2, -0.15) is 0 Å². The van der Waals surface area contributed by atoms with Gasteiger partial charge in [-0.3, -0.25) is 19.6 Å². The predicted octanol–water partition coefficient (Wildman–Crippen LogP) is 4.80. The largest absolute Gasteiger partial charge is 0.325 e. The number of nitrogens with zero attached hydrogens (tertiary/aromatic N) is 3. The third-order valence-electron chi connectivity index (χ3n) is 5.63. The van der Waals surface area contributed by atoms with Crippen LogP contribution in [0.4, 0.5) is 10.1 Å². The van der Waals surface area contributed by atoms with Crippen LogP contribution in [0.1, 0.15) is 12.0 Å². The molecule has 0 unspecified atom stereocenters. The van der Waals surface area contributed by atoms with Crippen molar-refractivity contribution in [1.82, 2.24) is 14.8 Å². The Kier molecular flexibility index (Phi) is 7.63. The first kappa shape index (κ1) is 22.6. The molecule has 2 heterocycles. The van der Waals surface area contributed by atoms with Crippen LogP contribution in [-0.2, 0) is 11.3 Å². The van der Waals surface area contributed by atoms with Crippen molar-refractivity contribution in [2.24, 2.45) is 0 Å². The fourth-order valence-corrected chi connectivity index (χ4v) is 4.25. The lowest BCUT2D eigenvalue weighted by Crippen LogP contribution is -2.36. The molecule has 1 amide bonds. The Morgan fingerprint density at radius 3 is 2.47 bits per heavy atom. The van der Waals surface area contributed by atoms with Crippen molar-refractivity contribution < 1.29 is 9.18 Å². The molecule has 1 aliphatic heterocycles. The first-order chi connectivity index (χ1) is 15.6. The van der Waals surface area contributed by atoms with Gasteiger partial charge in [0.15, 0.2) is 0 Å². The third-order valence-corrected chi connectivity index (χ3v) is 6.16. The van der Waals surface area contributed by atoms with Crippen molar-refractivity contribution in [1.29, 1.82) is 0 Å². The highest BCUT2D eigenvalue weighted by Gasteiger charge is 2.18. The molecule has 1 aromatic heterocycles. The molecule has 1 saturated heterocycles. The van der Waals surface area contributed by atoms with Crippen molar-refractivity contribution in [3.8, 4) is 11.1 Å². The second-order valence-electron chi connectivity index (χ2n) is 8.00. The fraction of sp³-hybridized carbons (Fsp3) is 0.280. The Hall–Kier alpha value is -2.61. The summed E-state index contributed by atoms with van der Waals surface area (Å²) in [6.07, 6.45) is 4.79. The van der Waals surface area contributed by atoms with Gasteiger partial charge in [0, 0.05) is 42.2 Å². The van der Waals surface area contributed by atoms with E-state index in [1.165, 1.54) is 28.8 Å². The van der Waals surface area contributed by atoms with Gasteiger partial charge in [0.2, 0.25) is 5.91 Å². The Labute approximate surface area is 196 Å². The smallest absolute Gasteiger partial charge is 0.238 e. The molecule has 0 saturated carbocycles. The van der Waals surface area contributed by atoms with Crippen LogP contribution in [-0.4, -0.2) is 53.4 Å². The van der Waals surface area contributed by atoms with Gasteiger partial charge in [0.05, 0.1) is 6.54 Å². The van der Waals surface area contributed by atoms with Gasteiger partial charge < -0.3 is 5.32 Å². The number of benzene rings is 2. The van der Waals surface area contributed by atoms with Crippen LogP contribution in [0.2, 0.25) is 0 Å². The zero-order chi connectivity index (χ0) is 22.3. The molecule has 0 atom stereocenters. The molecule has 166 valence electrons. The summed E-state index contributed by atoms with van der Waals surface area (Å²) in [7, 11) is 0. The van der Waals surface area contributed by atoms with E-state index >= 15 is 0 Å². The zero-order valence-corrected chi connectivity index (χ0v) is 19.4. The lowest BCUT2D eigenvalue weighted by molar-refractivity contribution is -0.117. The molecule has 1 N–H and O–H groups in total. The summed E-state index contributed by atoms with van der Waals surface area (Å²) < 4.78 is 14.1. The number of hydrogen-bond donors (Lipinski definition) is 1. The summed E-state index contributed by atoms with van der Waals surface area (Å²) >= 11 is 3.50. The number of carbonyl (C=O) groups is 1. The number of amides is 1. The Morgan fingerprint density at radius 2 is 1.69 bits per heavy atom. The maximum Gasteiger partial charge on any atom is 0.238 e. The second kappa shape index (κ2) is 10.8. The molecule has 7 heteroatoms. The normalized spacial score (nSPS) is 15.3. The highest BCUT2D eigenvalue weighted by atomic mass is 79.9. The molecular formula is C25H26BrFN4O. The lowest BCUT2D eigenvalue weighted by atomic mass is 10.0. The number of nitrogens with one attached hydrogen (secondary N) is 1. The standard InChI is InChI=1S/C25H26BrFN4O/c26-21-4-2-19(3-5-21)24-10-11-28-16-20(24)17-30-12-1-13-31(15-14-30)18-25(32)29-23-8-6-22(27)7-9-23/h2-11,16H,1,12-15,17-18H2,(H,29,32). The highest BCUT2D eigenvalue weighted by Crippen LogP contribution is 2.26. The molecule has 0 aliphatic carbocycles. The van der Waals surface area contributed by atoms with E-state index in [-0.39, 0.29) is 11.7 Å². The minimum atomic E-state index is -0.312. The molecular weight excluding hydrogens is 471 g/mol. The van der Waals surface area contributed by atoms with Crippen LogP contribution >= 0.6 is 15.9 Å². The lowest BCUT2D eigenvalue weighted by Gasteiger charge is -2.22. The number of halogens is 2. The van der Waals surface area contributed by atoms with Crippen LogP contribution in [0.5, 0.6) is 0 Å². The third kappa shape index (κ3) is 6.22. The van der Waals surface area contributed by atoms with E-state index in [0.717, 1.165) is 43.6 Å². The van der Waals surface area contributed by atoms with E-state index in [4.69, 9.17) is 0 Å². The minimum Gasteiger partial charge on any atom is -0.325 e. The first-order valence-corrected chi connectivity index (χ1v) is 11.5. The molecule has 0 spiro atoms. The molecule has 2 aromatic carbocycles. The molecule has 0 bridgehead atoms. The summed E-state index contributed by atoms with van der Waals surface area (Å²) in [5, 5.41) is 2.84. The zero-order valence-electron chi connectivity index (χ0n) is 17.8. The van der Waals surface area contributed by atoms with Crippen LogP contribution in [0.25, 0.3) is 11.1 Å². The highest BCUT2D eigenvalue weighted by molar-refractivity contribution is 9.10. The average molecular weight is 497 g/mol. The van der Waals surface area contributed by atoms with Gasteiger partial charge >= 0.3 is 0 Å². The van der Waals surface area contributed by atoms with Gasteiger partial charge in [-0.1, -0.05) is 28.1 Å². The monoisotopic (exact) mass is 496 g/mol. The fourth-order valence-electron chi connectivity index (χ4n) is 3.98. The quantitative estimate of drug-likeness (QED) is 0.532. The number of pyridine rings is 1. The summed E-state index contributed by atoms with van der Waals surface area (Å²) in [6.45, 7) is 4.73. The van der Waals surface area contributed by atoms with Crippen molar-refractivity contribution >= 4 is 27.5 Å². The molecule has 4 rings (SSSR count). The molecule has 5 nitrogen and oxygen atoms in total. The van der Waals surface area contributed by atoms with Crippen molar-refractivity contribution in [2.45, 2.75) is 13.0 Å². The molecule has 0 radical (unpaired) electrons. The molecule has 1 fully saturated rings.